The number of rotatable bonds is 10. The van der Waals surface area contributed by atoms with Gasteiger partial charge in [-0.3, -0.25) is 14.9 Å². The van der Waals surface area contributed by atoms with Crippen LogP contribution in [-0.2, 0) is 17.8 Å². The smallest absolute Gasteiger partial charge is 0.273 e. The molecule has 0 fully saturated rings. The Morgan fingerprint density at radius 1 is 1.09 bits per heavy atom. The van der Waals surface area contributed by atoms with Crippen molar-refractivity contribution in [2.24, 2.45) is 0 Å². The van der Waals surface area contributed by atoms with Gasteiger partial charge >= 0.3 is 0 Å². The minimum Gasteiger partial charge on any atom is -0.385 e. The summed E-state index contributed by atoms with van der Waals surface area (Å²) in [5, 5.41) is 11.3. The number of aryl methyl sites for hydroxylation is 2. The van der Waals surface area contributed by atoms with Crippen LogP contribution < -0.4 is 0 Å². The summed E-state index contributed by atoms with van der Waals surface area (Å²) in [6.45, 7) is 5.89. The van der Waals surface area contributed by atoms with E-state index in [1.165, 1.54) is 17.2 Å². The zero-order chi connectivity index (χ0) is 23.1. The van der Waals surface area contributed by atoms with Crippen LogP contribution in [0.15, 0.2) is 60.8 Å². The first-order valence-electron chi connectivity index (χ1n) is 10.6. The van der Waals surface area contributed by atoms with Gasteiger partial charge in [0.1, 0.15) is 0 Å². The Bertz CT molecular complexity index is 1090. The monoisotopic (exact) mass is 435 g/mol. The molecule has 0 unspecified atom stereocenters. The number of amides is 1. The molecule has 0 saturated carbocycles. The maximum absolute atomic E-state index is 13.3. The molecule has 0 aliphatic heterocycles. The van der Waals surface area contributed by atoms with Gasteiger partial charge in [-0.25, -0.2) is 0 Å². The van der Waals surface area contributed by atoms with Crippen molar-refractivity contribution in [3.8, 4) is 0 Å². The molecule has 3 aromatic rings. The fourth-order valence-corrected chi connectivity index (χ4v) is 3.69. The Morgan fingerprint density at radius 3 is 2.59 bits per heavy atom. The second-order valence-corrected chi connectivity index (χ2v) is 7.89. The number of aromatic nitrogens is 1. The van der Waals surface area contributed by atoms with Crippen LogP contribution in [0.5, 0.6) is 0 Å². The second-order valence-electron chi connectivity index (χ2n) is 7.89. The molecule has 1 aromatic heterocycles. The Balaban J connectivity index is 1.85. The Kier molecular flexibility index (Phi) is 7.78. The highest BCUT2D eigenvalue weighted by Crippen LogP contribution is 2.21. The molecule has 1 amide bonds. The molecule has 0 aliphatic rings. The van der Waals surface area contributed by atoms with Crippen LogP contribution in [0.25, 0.3) is 0 Å². The molecule has 3 rings (SSSR count). The Labute approximate surface area is 188 Å². The third-order valence-corrected chi connectivity index (χ3v) is 5.59. The second kappa shape index (κ2) is 10.7. The summed E-state index contributed by atoms with van der Waals surface area (Å²) in [4.78, 5) is 26.0. The minimum absolute atomic E-state index is 0.0457. The lowest BCUT2D eigenvalue weighted by molar-refractivity contribution is -0.385. The van der Waals surface area contributed by atoms with Crippen molar-refractivity contribution < 1.29 is 14.5 Å². The van der Waals surface area contributed by atoms with Crippen molar-refractivity contribution in [3.05, 3.63) is 98.9 Å². The number of nitro benzene ring substituents is 1. The first kappa shape index (κ1) is 23.2. The van der Waals surface area contributed by atoms with Crippen LogP contribution in [0.4, 0.5) is 5.69 Å². The van der Waals surface area contributed by atoms with Crippen molar-refractivity contribution in [2.45, 2.75) is 33.4 Å². The number of nitrogens with zero attached hydrogens (tertiary/aromatic N) is 3. The average Bonchev–Trinajstić information content (AvgIpc) is 3.21. The van der Waals surface area contributed by atoms with Gasteiger partial charge < -0.3 is 14.2 Å². The first-order valence-corrected chi connectivity index (χ1v) is 10.6. The van der Waals surface area contributed by atoms with Crippen molar-refractivity contribution in [2.75, 3.05) is 20.3 Å². The lowest BCUT2D eigenvalue weighted by atomic mass is 10.1. The van der Waals surface area contributed by atoms with Crippen LogP contribution in [0, 0.1) is 24.0 Å². The van der Waals surface area contributed by atoms with E-state index in [4.69, 9.17) is 4.74 Å². The van der Waals surface area contributed by atoms with E-state index in [-0.39, 0.29) is 11.6 Å². The fraction of sp³-hybridized carbons (Fsp3) is 0.320. The third kappa shape index (κ3) is 5.62. The molecule has 1 heterocycles. The van der Waals surface area contributed by atoms with E-state index < -0.39 is 4.92 Å². The highest BCUT2D eigenvalue weighted by molar-refractivity contribution is 5.95. The van der Waals surface area contributed by atoms with E-state index in [9.17, 15) is 14.9 Å². The summed E-state index contributed by atoms with van der Waals surface area (Å²) in [5.41, 5.74) is 4.24. The first-order chi connectivity index (χ1) is 15.4. The summed E-state index contributed by atoms with van der Waals surface area (Å²) in [6.07, 6.45) is 2.69. The summed E-state index contributed by atoms with van der Waals surface area (Å²) in [5.74, 6) is -0.229. The van der Waals surface area contributed by atoms with Crippen LogP contribution in [0.3, 0.4) is 0 Å². The maximum Gasteiger partial charge on any atom is 0.273 e. The molecule has 7 nitrogen and oxygen atoms in total. The molecule has 168 valence electrons. The number of nitro groups is 1. The van der Waals surface area contributed by atoms with Gasteiger partial charge in [-0.05, 0) is 49.6 Å². The maximum atomic E-state index is 13.3. The van der Waals surface area contributed by atoms with Crippen molar-refractivity contribution in [3.63, 3.8) is 0 Å². The average molecular weight is 436 g/mol. The van der Waals surface area contributed by atoms with Crippen LogP contribution in [0.1, 0.15) is 39.2 Å². The molecule has 0 radical (unpaired) electrons. The van der Waals surface area contributed by atoms with E-state index in [0.717, 1.165) is 5.69 Å². The molecule has 0 atom stereocenters. The van der Waals surface area contributed by atoms with E-state index in [1.54, 1.807) is 31.1 Å². The number of methoxy groups -OCH3 is 1. The Hall–Kier alpha value is -3.45. The van der Waals surface area contributed by atoms with Gasteiger partial charge in [-0.15, -0.1) is 0 Å². The third-order valence-electron chi connectivity index (χ3n) is 5.59. The number of carbonyl (C=O) groups excluding carboxylic acids is 1. The Morgan fingerprint density at radius 2 is 1.88 bits per heavy atom. The predicted molar refractivity (Wildman–Crippen MR) is 124 cm³/mol. The number of carbonyl (C=O) groups is 1. The standard InChI is InChI=1S/C25H29N3O4/c1-19-8-4-5-9-22(19)17-26-13-6-10-23(26)18-27(14-7-15-32-3)25(29)21-12-11-20(2)24(16-21)28(30)31/h4-6,8-13,16H,7,14-15,17-18H2,1-3H3. The topological polar surface area (TPSA) is 77.6 Å². The largest absolute Gasteiger partial charge is 0.385 e. The van der Waals surface area contributed by atoms with Gasteiger partial charge in [0.15, 0.2) is 0 Å². The number of ether oxygens (including phenoxy) is 1. The van der Waals surface area contributed by atoms with E-state index in [2.05, 4.69) is 23.6 Å². The quantitative estimate of drug-likeness (QED) is 0.262. The lowest BCUT2D eigenvalue weighted by Crippen LogP contribution is -2.33. The summed E-state index contributed by atoms with van der Waals surface area (Å²) in [6, 6.07) is 16.9. The lowest BCUT2D eigenvalue weighted by Gasteiger charge is -2.24. The summed E-state index contributed by atoms with van der Waals surface area (Å²) >= 11 is 0. The van der Waals surface area contributed by atoms with Crippen LogP contribution >= 0.6 is 0 Å². The SMILES string of the molecule is COCCCN(Cc1cccn1Cc1ccccc1C)C(=O)c1ccc(C)c([N+](=O)[O-])c1. The van der Waals surface area contributed by atoms with Crippen molar-refractivity contribution >= 4 is 11.6 Å². The van der Waals surface area contributed by atoms with E-state index in [1.807, 2.05) is 30.5 Å². The van der Waals surface area contributed by atoms with Crippen molar-refractivity contribution in [1.82, 2.24) is 9.47 Å². The minimum atomic E-state index is -0.450. The zero-order valence-corrected chi connectivity index (χ0v) is 18.8. The van der Waals surface area contributed by atoms with Gasteiger partial charge in [0.25, 0.3) is 11.6 Å². The number of hydrogen-bond donors (Lipinski definition) is 0. The van der Waals surface area contributed by atoms with Gasteiger partial charge in [0.05, 0.1) is 11.5 Å². The molecule has 0 spiro atoms. The van der Waals surface area contributed by atoms with Crippen LogP contribution in [0.2, 0.25) is 0 Å². The molecule has 2 aromatic carbocycles. The van der Waals surface area contributed by atoms with Gasteiger partial charge in [0, 0.05) is 55.9 Å². The molecule has 7 heteroatoms. The molecule has 0 aliphatic carbocycles. The van der Waals surface area contributed by atoms with Crippen LogP contribution in [-0.4, -0.2) is 40.6 Å². The molecule has 0 bridgehead atoms. The van der Waals surface area contributed by atoms with Gasteiger partial charge in [-0.2, -0.15) is 0 Å². The summed E-state index contributed by atoms with van der Waals surface area (Å²) in [7, 11) is 1.63. The number of hydrogen-bond acceptors (Lipinski definition) is 4. The highest BCUT2D eigenvalue weighted by atomic mass is 16.6. The molecular formula is C25H29N3O4. The molecular weight excluding hydrogens is 406 g/mol. The van der Waals surface area contributed by atoms with E-state index >= 15 is 0 Å². The summed E-state index contributed by atoms with van der Waals surface area (Å²) < 4.78 is 7.30. The molecule has 32 heavy (non-hydrogen) atoms. The zero-order valence-electron chi connectivity index (χ0n) is 18.8. The van der Waals surface area contributed by atoms with E-state index in [0.29, 0.717) is 43.8 Å². The highest BCUT2D eigenvalue weighted by Gasteiger charge is 2.21. The molecule has 0 N–H and O–H groups in total. The normalized spacial score (nSPS) is 10.8. The predicted octanol–water partition coefficient (Wildman–Crippen LogP) is 4.74. The van der Waals surface area contributed by atoms with Gasteiger partial charge in [-0.1, -0.05) is 30.3 Å². The molecule has 0 saturated heterocycles. The number of benzene rings is 2. The van der Waals surface area contributed by atoms with Gasteiger partial charge in [0.2, 0.25) is 0 Å². The fourth-order valence-electron chi connectivity index (χ4n) is 3.69. The van der Waals surface area contributed by atoms with Crippen molar-refractivity contribution in [1.29, 1.82) is 0 Å².